The van der Waals surface area contributed by atoms with Gasteiger partial charge in [0.25, 0.3) is 5.91 Å². The van der Waals surface area contributed by atoms with E-state index in [-0.39, 0.29) is 5.91 Å². The summed E-state index contributed by atoms with van der Waals surface area (Å²) in [5.41, 5.74) is 1.86. The van der Waals surface area contributed by atoms with Crippen LogP contribution in [0.15, 0.2) is 60.8 Å². The number of amides is 1. The van der Waals surface area contributed by atoms with Crippen LogP contribution in [-0.4, -0.2) is 46.9 Å². The molecule has 1 N–H and O–H groups in total. The quantitative estimate of drug-likeness (QED) is 0.664. The fraction of sp³-hybridized carbons (Fsp3) is 0.238. The first kappa shape index (κ1) is 18.1. The maximum atomic E-state index is 12.7. The van der Waals surface area contributed by atoms with E-state index in [2.05, 4.69) is 46.3 Å². The highest BCUT2D eigenvalue weighted by Crippen LogP contribution is 2.28. The number of hydrogen-bond acceptors (Lipinski definition) is 4. The number of nitrogens with one attached hydrogen (secondary N) is 1. The molecule has 3 heterocycles. The van der Waals surface area contributed by atoms with Crippen molar-refractivity contribution in [2.45, 2.75) is 6.54 Å². The number of benzene rings is 1. The molecule has 6 heteroatoms. The zero-order valence-corrected chi connectivity index (χ0v) is 16.6. The van der Waals surface area contributed by atoms with E-state index in [1.54, 1.807) is 12.3 Å². The Morgan fingerprint density at radius 2 is 1.78 bits per heavy atom. The maximum absolute atomic E-state index is 12.7. The van der Waals surface area contributed by atoms with Crippen molar-refractivity contribution >= 4 is 29.5 Å². The molecule has 0 spiro atoms. The predicted octanol–water partition coefficient (Wildman–Crippen LogP) is 4.43. The largest absolute Gasteiger partial charge is 0.352 e. The third kappa shape index (κ3) is 4.18. The van der Waals surface area contributed by atoms with Gasteiger partial charge in [0, 0.05) is 48.7 Å². The van der Waals surface area contributed by atoms with Crippen LogP contribution >= 0.6 is 23.6 Å². The van der Waals surface area contributed by atoms with Crippen molar-refractivity contribution in [1.82, 2.24) is 14.8 Å². The van der Waals surface area contributed by atoms with Crippen molar-refractivity contribution in [2.75, 3.05) is 26.2 Å². The van der Waals surface area contributed by atoms with E-state index < -0.39 is 0 Å². The van der Waals surface area contributed by atoms with Crippen LogP contribution in [0.5, 0.6) is 0 Å². The fourth-order valence-electron chi connectivity index (χ4n) is 3.31. The molecule has 1 fully saturated rings. The molecule has 0 aliphatic carbocycles. The normalized spacial score (nSPS) is 15.0. The number of thiophene rings is 1. The van der Waals surface area contributed by atoms with E-state index in [0.29, 0.717) is 10.2 Å². The topological polar surface area (TPSA) is 39.3 Å². The Hall–Kier alpha value is -2.28. The van der Waals surface area contributed by atoms with Crippen LogP contribution in [0.3, 0.4) is 0 Å². The lowest BCUT2D eigenvalue weighted by Crippen LogP contribution is -2.48. The summed E-state index contributed by atoms with van der Waals surface area (Å²) in [4.78, 5) is 22.6. The van der Waals surface area contributed by atoms with Crippen LogP contribution in [0, 0.1) is 4.64 Å². The predicted molar refractivity (Wildman–Crippen MR) is 113 cm³/mol. The van der Waals surface area contributed by atoms with E-state index >= 15 is 0 Å². The van der Waals surface area contributed by atoms with Gasteiger partial charge < -0.3 is 9.88 Å². The summed E-state index contributed by atoms with van der Waals surface area (Å²) in [6, 6.07) is 18.5. The van der Waals surface area contributed by atoms with Crippen LogP contribution in [0.25, 0.3) is 10.4 Å². The third-order valence-electron chi connectivity index (χ3n) is 4.81. The summed E-state index contributed by atoms with van der Waals surface area (Å²) in [7, 11) is 0. The minimum atomic E-state index is 0.0268. The number of piperazine rings is 1. The standard InChI is InChI=1S/C21H21N3OS2/c25-21(18-7-4-10-22-20(18)26)24-13-11-23(12-14-24)15-17-8-9-19(27-17)16-5-2-1-3-6-16/h1-10H,11-15H2,(H,22,26). The van der Waals surface area contributed by atoms with Gasteiger partial charge in [-0.1, -0.05) is 42.5 Å². The third-order valence-corrected chi connectivity index (χ3v) is 6.26. The van der Waals surface area contributed by atoms with Crippen LogP contribution in [0.4, 0.5) is 0 Å². The zero-order chi connectivity index (χ0) is 18.6. The van der Waals surface area contributed by atoms with Gasteiger partial charge in [0.15, 0.2) is 0 Å². The first-order valence-electron chi connectivity index (χ1n) is 9.04. The van der Waals surface area contributed by atoms with Gasteiger partial charge in [-0.3, -0.25) is 9.69 Å². The Morgan fingerprint density at radius 3 is 2.52 bits per heavy atom. The first-order chi connectivity index (χ1) is 13.2. The smallest absolute Gasteiger partial charge is 0.256 e. The number of aromatic amines is 1. The lowest BCUT2D eigenvalue weighted by atomic mass is 10.2. The molecule has 27 heavy (non-hydrogen) atoms. The van der Waals surface area contributed by atoms with Gasteiger partial charge in [-0.2, -0.15) is 0 Å². The Bertz CT molecular complexity index is 972. The van der Waals surface area contributed by atoms with Gasteiger partial charge >= 0.3 is 0 Å². The number of nitrogens with zero attached hydrogens (tertiary/aromatic N) is 2. The second-order valence-electron chi connectivity index (χ2n) is 6.61. The summed E-state index contributed by atoms with van der Waals surface area (Å²) < 4.78 is 0.511. The number of aromatic nitrogens is 1. The average Bonchev–Trinajstić information content (AvgIpc) is 3.18. The lowest BCUT2D eigenvalue weighted by Gasteiger charge is -2.34. The molecule has 0 unspecified atom stereocenters. The van der Waals surface area contributed by atoms with E-state index in [4.69, 9.17) is 12.2 Å². The van der Waals surface area contributed by atoms with E-state index in [1.807, 2.05) is 28.4 Å². The molecule has 4 rings (SSSR count). The molecule has 1 amide bonds. The SMILES string of the molecule is O=C(c1ccc[nH]c1=S)N1CCN(Cc2ccc(-c3ccccc3)s2)CC1. The molecule has 3 aromatic rings. The summed E-state index contributed by atoms with van der Waals surface area (Å²) in [5.74, 6) is 0.0268. The second kappa shape index (κ2) is 8.17. The van der Waals surface area contributed by atoms with Gasteiger partial charge in [0.2, 0.25) is 0 Å². The number of hydrogen-bond donors (Lipinski definition) is 1. The maximum Gasteiger partial charge on any atom is 0.256 e. The van der Waals surface area contributed by atoms with E-state index in [0.717, 1.165) is 32.7 Å². The van der Waals surface area contributed by atoms with Gasteiger partial charge in [0.1, 0.15) is 4.64 Å². The van der Waals surface area contributed by atoms with Crippen molar-refractivity contribution in [3.8, 4) is 10.4 Å². The molecule has 2 aromatic heterocycles. The highest BCUT2D eigenvalue weighted by atomic mass is 32.1. The van der Waals surface area contributed by atoms with Gasteiger partial charge in [-0.15, -0.1) is 11.3 Å². The van der Waals surface area contributed by atoms with Crippen molar-refractivity contribution < 1.29 is 4.79 Å². The summed E-state index contributed by atoms with van der Waals surface area (Å²) in [6.45, 7) is 4.17. The summed E-state index contributed by atoms with van der Waals surface area (Å²) in [6.07, 6.45) is 1.75. The number of pyridine rings is 1. The van der Waals surface area contributed by atoms with Crippen LogP contribution < -0.4 is 0 Å². The Labute approximate surface area is 168 Å². The van der Waals surface area contributed by atoms with Crippen molar-refractivity contribution in [1.29, 1.82) is 0 Å². The summed E-state index contributed by atoms with van der Waals surface area (Å²) >= 11 is 7.08. The minimum Gasteiger partial charge on any atom is -0.352 e. The molecule has 1 aromatic carbocycles. The monoisotopic (exact) mass is 395 g/mol. The Kier molecular flexibility index (Phi) is 5.48. The minimum absolute atomic E-state index is 0.0268. The molecule has 1 aliphatic heterocycles. The molecule has 138 valence electrons. The van der Waals surface area contributed by atoms with Crippen molar-refractivity contribution in [3.63, 3.8) is 0 Å². The highest BCUT2D eigenvalue weighted by molar-refractivity contribution is 7.71. The zero-order valence-electron chi connectivity index (χ0n) is 14.9. The van der Waals surface area contributed by atoms with Crippen LogP contribution in [0.2, 0.25) is 0 Å². The summed E-state index contributed by atoms with van der Waals surface area (Å²) in [5, 5.41) is 0. The number of rotatable bonds is 4. The number of carbonyl (C=O) groups is 1. The molecule has 1 saturated heterocycles. The van der Waals surface area contributed by atoms with Gasteiger partial charge in [-0.05, 0) is 29.8 Å². The lowest BCUT2D eigenvalue weighted by molar-refractivity contribution is 0.0628. The Morgan fingerprint density at radius 1 is 1.00 bits per heavy atom. The molecule has 4 nitrogen and oxygen atoms in total. The fourth-order valence-corrected chi connectivity index (χ4v) is 4.59. The molecule has 0 saturated carbocycles. The van der Waals surface area contributed by atoms with Crippen molar-refractivity contribution in [2.24, 2.45) is 0 Å². The molecule has 1 aliphatic rings. The van der Waals surface area contributed by atoms with E-state index in [9.17, 15) is 4.79 Å². The van der Waals surface area contributed by atoms with Crippen molar-refractivity contribution in [3.05, 3.63) is 75.9 Å². The first-order valence-corrected chi connectivity index (χ1v) is 10.3. The molecular weight excluding hydrogens is 374 g/mol. The van der Waals surface area contributed by atoms with Gasteiger partial charge in [-0.25, -0.2) is 0 Å². The van der Waals surface area contributed by atoms with Crippen LogP contribution in [0.1, 0.15) is 15.2 Å². The highest BCUT2D eigenvalue weighted by Gasteiger charge is 2.23. The molecule has 0 atom stereocenters. The average molecular weight is 396 g/mol. The molecule has 0 bridgehead atoms. The molecule has 0 radical (unpaired) electrons. The second-order valence-corrected chi connectivity index (χ2v) is 8.19. The Balaban J connectivity index is 1.35. The van der Waals surface area contributed by atoms with Gasteiger partial charge in [0.05, 0.1) is 5.56 Å². The van der Waals surface area contributed by atoms with Crippen LogP contribution in [-0.2, 0) is 6.54 Å². The molecular formula is C21H21N3OS2. The number of carbonyl (C=O) groups excluding carboxylic acids is 1. The van der Waals surface area contributed by atoms with E-state index in [1.165, 1.54) is 15.3 Å². The number of H-pyrrole nitrogens is 1.